The van der Waals surface area contributed by atoms with Crippen molar-refractivity contribution in [2.24, 2.45) is 0 Å². The summed E-state index contributed by atoms with van der Waals surface area (Å²) in [6.07, 6.45) is 0. The zero-order chi connectivity index (χ0) is 23.6. The number of benzene rings is 5. The topological polar surface area (TPSA) is 38.7 Å². The van der Waals surface area contributed by atoms with Crippen LogP contribution in [0.4, 0.5) is 0 Å². The van der Waals surface area contributed by atoms with Gasteiger partial charge in [0.2, 0.25) is 0 Å². The molecule has 6 aromatic rings. The molecule has 0 aliphatic rings. The zero-order valence-corrected chi connectivity index (χ0v) is 20.4. The van der Waals surface area contributed by atoms with E-state index in [1.165, 1.54) is 10.9 Å². The molecule has 6 rings (SSSR count). The molecule has 35 heavy (non-hydrogen) atoms. The highest BCUT2D eigenvalue weighted by atomic mass is 79.9. The molecule has 0 saturated heterocycles. The van der Waals surface area contributed by atoms with Gasteiger partial charge in [-0.05, 0) is 40.1 Å². The van der Waals surface area contributed by atoms with Crippen LogP contribution in [0.25, 0.3) is 56.1 Å². The Morgan fingerprint density at radius 1 is 0.371 bits per heavy atom. The maximum atomic E-state index is 4.90. The molecule has 4 heteroatoms. The second-order valence-electron chi connectivity index (χ2n) is 8.32. The molecule has 1 aromatic heterocycles. The normalized spacial score (nSPS) is 11.0. The molecule has 0 bridgehead atoms. The smallest absolute Gasteiger partial charge is 0.164 e. The van der Waals surface area contributed by atoms with Gasteiger partial charge < -0.3 is 0 Å². The highest BCUT2D eigenvalue weighted by Gasteiger charge is 2.13. The fourth-order valence-electron chi connectivity index (χ4n) is 4.16. The van der Waals surface area contributed by atoms with Crippen LogP contribution in [0.2, 0.25) is 0 Å². The summed E-state index contributed by atoms with van der Waals surface area (Å²) >= 11 is 3.57. The van der Waals surface area contributed by atoms with Gasteiger partial charge in [0.15, 0.2) is 17.5 Å². The number of hydrogen-bond donors (Lipinski definition) is 0. The third-order valence-corrected chi connectivity index (χ3v) is 6.47. The summed E-state index contributed by atoms with van der Waals surface area (Å²) in [5, 5.41) is 2.34. The van der Waals surface area contributed by atoms with Crippen LogP contribution in [0.15, 0.2) is 126 Å². The lowest BCUT2D eigenvalue weighted by molar-refractivity contribution is 1.07. The highest BCUT2D eigenvalue weighted by molar-refractivity contribution is 9.10. The van der Waals surface area contributed by atoms with E-state index in [2.05, 4.69) is 94.8 Å². The van der Waals surface area contributed by atoms with Crippen LogP contribution in [0.1, 0.15) is 0 Å². The van der Waals surface area contributed by atoms with E-state index in [0.717, 1.165) is 32.1 Å². The minimum atomic E-state index is 0.645. The fraction of sp³-hybridized carbons (Fsp3) is 0. The average Bonchev–Trinajstić information content (AvgIpc) is 2.93. The van der Waals surface area contributed by atoms with Crippen molar-refractivity contribution in [1.29, 1.82) is 0 Å². The molecule has 1 heterocycles. The first kappa shape index (κ1) is 21.4. The molecule has 0 amide bonds. The predicted molar refractivity (Wildman–Crippen MR) is 147 cm³/mol. The van der Waals surface area contributed by atoms with E-state index in [0.29, 0.717) is 17.5 Å². The van der Waals surface area contributed by atoms with Gasteiger partial charge in [-0.15, -0.1) is 0 Å². The Labute approximate surface area is 212 Å². The molecule has 0 N–H and O–H groups in total. The summed E-state index contributed by atoms with van der Waals surface area (Å²) in [5.41, 5.74) is 5.19. The number of fused-ring (bicyclic) bond motifs is 1. The number of halogens is 1. The fourth-order valence-corrected chi connectivity index (χ4v) is 4.56. The van der Waals surface area contributed by atoms with Crippen LogP contribution in [-0.2, 0) is 0 Å². The summed E-state index contributed by atoms with van der Waals surface area (Å²) < 4.78 is 0.983. The first-order chi connectivity index (χ1) is 17.2. The van der Waals surface area contributed by atoms with E-state index in [1.807, 2.05) is 42.5 Å². The van der Waals surface area contributed by atoms with Crippen molar-refractivity contribution in [1.82, 2.24) is 15.0 Å². The third-order valence-electron chi connectivity index (χ3n) is 5.98. The van der Waals surface area contributed by atoms with E-state index in [4.69, 9.17) is 15.0 Å². The molecule has 0 unspecified atom stereocenters. The molecule has 0 spiro atoms. The lowest BCUT2D eigenvalue weighted by Crippen LogP contribution is -2.00. The molecule has 0 aliphatic carbocycles. The Balaban J connectivity index is 1.48. The molecule has 3 nitrogen and oxygen atoms in total. The molecule has 0 fully saturated rings. The second kappa shape index (κ2) is 9.24. The Morgan fingerprint density at radius 3 is 1.60 bits per heavy atom. The zero-order valence-electron chi connectivity index (χ0n) is 18.8. The van der Waals surface area contributed by atoms with Crippen molar-refractivity contribution in [2.75, 3.05) is 0 Å². The van der Waals surface area contributed by atoms with E-state index in [9.17, 15) is 0 Å². The predicted octanol–water partition coefficient (Wildman–Crippen LogP) is 8.46. The lowest BCUT2D eigenvalue weighted by Gasteiger charge is -2.10. The van der Waals surface area contributed by atoms with Gasteiger partial charge >= 0.3 is 0 Å². The summed E-state index contributed by atoms with van der Waals surface area (Å²) in [7, 11) is 0. The molecule has 0 aliphatic heterocycles. The van der Waals surface area contributed by atoms with Crippen molar-refractivity contribution in [3.05, 3.63) is 126 Å². The summed E-state index contributed by atoms with van der Waals surface area (Å²) in [6, 6.07) is 41.4. The van der Waals surface area contributed by atoms with Crippen LogP contribution >= 0.6 is 15.9 Å². The van der Waals surface area contributed by atoms with Gasteiger partial charge in [0.1, 0.15) is 0 Å². The first-order valence-electron chi connectivity index (χ1n) is 11.4. The van der Waals surface area contributed by atoms with E-state index in [-0.39, 0.29) is 0 Å². The summed E-state index contributed by atoms with van der Waals surface area (Å²) in [6.45, 7) is 0. The molecule has 0 radical (unpaired) electrons. The van der Waals surface area contributed by atoms with Crippen LogP contribution in [0.3, 0.4) is 0 Å². The number of rotatable bonds is 4. The van der Waals surface area contributed by atoms with Gasteiger partial charge in [-0.25, -0.2) is 15.0 Å². The van der Waals surface area contributed by atoms with Gasteiger partial charge in [0.05, 0.1) is 0 Å². The second-order valence-corrected chi connectivity index (χ2v) is 9.24. The summed E-state index contributed by atoms with van der Waals surface area (Å²) in [5.74, 6) is 1.95. The van der Waals surface area contributed by atoms with Crippen LogP contribution in [0.5, 0.6) is 0 Å². The molecular formula is C31H20BrN3. The van der Waals surface area contributed by atoms with E-state index in [1.54, 1.807) is 0 Å². The number of hydrogen-bond acceptors (Lipinski definition) is 3. The maximum Gasteiger partial charge on any atom is 0.164 e. The monoisotopic (exact) mass is 513 g/mol. The Morgan fingerprint density at radius 2 is 0.886 bits per heavy atom. The third kappa shape index (κ3) is 4.48. The minimum Gasteiger partial charge on any atom is -0.208 e. The SMILES string of the molecule is Brc1cccc(-c2nc(-c3ccc(-c4ccccc4)cc3)nc(-c3ccc4ccccc4c3)n2)c1. The number of nitrogens with zero attached hydrogens (tertiary/aromatic N) is 3. The van der Waals surface area contributed by atoms with Gasteiger partial charge in [-0.1, -0.05) is 119 Å². The van der Waals surface area contributed by atoms with Gasteiger partial charge in [0, 0.05) is 21.2 Å². The van der Waals surface area contributed by atoms with Crippen molar-refractivity contribution >= 4 is 26.7 Å². The van der Waals surface area contributed by atoms with Crippen LogP contribution in [0, 0.1) is 0 Å². The first-order valence-corrected chi connectivity index (χ1v) is 12.2. The van der Waals surface area contributed by atoms with Crippen molar-refractivity contribution in [3.63, 3.8) is 0 Å². The summed E-state index contributed by atoms with van der Waals surface area (Å²) in [4.78, 5) is 14.6. The van der Waals surface area contributed by atoms with Crippen molar-refractivity contribution in [2.45, 2.75) is 0 Å². The Bertz CT molecular complexity index is 1640. The average molecular weight is 514 g/mol. The van der Waals surface area contributed by atoms with E-state index < -0.39 is 0 Å². The minimum absolute atomic E-state index is 0.645. The van der Waals surface area contributed by atoms with Crippen LogP contribution < -0.4 is 0 Å². The van der Waals surface area contributed by atoms with E-state index >= 15 is 0 Å². The molecule has 166 valence electrons. The quantitative estimate of drug-likeness (QED) is 0.237. The Hall–Kier alpha value is -4.15. The van der Waals surface area contributed by atoms with Gasteiger partial charge in [0.25, 0.3) is 0 Å². The Kier molecular flexibility index (Phi) is 5.65. The van der Waals surface area contributed by atoms with Gasteiger partial charge in [-0.2, -0.15) is 0 Å². The molecular weight excluding hydrogens is 494 g/mol. The maximum absolute atomic E-state index is 4.90. The largest absolute Gasteiger partial charge is 0.208 e. The lowest BCUT2D eigenvalue weighted by atomic mass is 10.0. The standard InChI is InChI=1S/C31H20BrN3/c32-28-12-6-11-26(20-28)30-33-29(24-16-13-23(14-17-24)21-7-2-1-3-8-21)34-31(35-30)27-18-15-22-9-4-5-10-25(22)19-27/h1-20H. The highest BCUT2D eigenvalue weighted by Crippen LogP contribution is 2.29. The van der Waals surface area contributed by atoms with Gasteiger partial charge in [-0.3, -0.25) is 0 Å². The van der Waals surface area contributed by atoms with Crippen molar-refractivity contribution in [3.8, 4) is 45.3 Å². The van der Waals surface area contributed by atoms with Crippen molar-refractivity contribution < 1.29 is 0 Å². The number of aromatic nitrogens is 3. The molecule has 5 aromatic carbocycles. The molecule has 0 saturated carbocycles. The van der Waals surface area contributed by atoms with Crippen LogP contribution in [-0.4, -0.2) is 15.0 Å². The molecule has 0 atom stereocenters.